The van der Waals surface area contributed by atoms with E-state index in [1.165, 1.54) is 6.92 Å². The number of hydrogen-bond donors (Lipinski definition) is 2. The van der Waals surface area contributed by atoms with Crippen molar-refractivity contribution in [2.75, 3.05) is 25.0 Å². The van der Waals surface area contributed by atoms with Crippen LogP contribution in [0.5, 0.6) is 0 Å². The molecule has 2 fully saturated rings. The summed E-state index contributed by atoms with van der Waals surface area (Å²) in [5, 5.41) is 5.35. The van der Waals surface area contributed by atoms with Gasteiger partial charge in [-0.2, -0.15) is 0 Å². The van der Waals surface area contributed by atoms with Crippen LogP contribution in [-0.4, -0.2) is 48.0 Å². The van der Waals surface area contributed by atoms with Crippen LogP contribution < -0.4 is 10.6 Å². The summed E-state index contributed by atoms with van der Waals surface area (Å²) < 4.78 is 5.35. The third kappa shape index (κ3) is 3.28. The Balaban J connectivity index is 1.65. The molecule has 23 heavy (non-hydrogen) atoms. The summed E-state index contributed by atoms with van der Waals surface area (Å²) in [7, 11) is 0. The predicted molar refractivity (Wildman–Crippen MR) is 83.1 cm³/mol. The van der Waals surface area contributed by atoms with Gasteiger partial charge in [0, 0.05) is 44.1 Å². The lowest BCUT2D eigenvalue weighted by molar-refractivity contribution is -0.114. The molecular formula is C16H19N3O4. The second-order valence-corrected chi connectivity index (χ2v) is 5.98. The van der Waals surface area contributed by atoms with Crippen molar-refractivity contribution in [3.63, 3.8) is 0 Å². The summed E-state index contributed by atoms with van der Waals surface area (Å²) in [5.74, 6) is -0.255. The molecule has 1 aromatic rings. The minimum absolute atomic E-state index is 0.0793. The summed E-state index contributed by atoms with van der Waals surface area (Å²) in [4.78, 5) is 36.7. The Hall–Kier alpha value is -2.57. The molecule has 1 aromatic carbocycles. The molecule has 2 N–H and O–H groups in total. The number of piperidine rings is 1. The zero-order valence-electron chi connectivity index (χ0n) is 12.9. The van der Waals surface area contributed by atoms with Gasteiger partial charge in [0.1, 0.15) is 5.60 Å². The summed E-state index contributed by atoms with van der Waals surface area (Å²) >= 11 is 0. The molecule has 0 bridgehead atoms. The standard InChI is InChI=1S/C16H19N3O4/c1-11(20)18-13-4-2-3-12(9-13)14(21)19-7-5-16(6-8-19)10-17-15(22)23-16/h2-4,9H,5-8,10H2,1H3,(H,17,22)(H,18,20). The number of benzene rings is 1. The molecule has 122 valence electrons. The highest BCUT2D eigenvalue weighted by Crippen LogP contribution is 2.30. The van der Waals surface area contributed by atoms with Gasteiger partial charge < -0.3 is 20.3 Å². The van der Waals surface area contributed by atoms with E-state index >= 15 is 0 Å². The SMILES string of the molecule is CC(=O)Nc1cccc(C(=O)N2CCC3(CC2)CNC(=O)O3)c1. The molecule has 2 aliphatic rings. The molecule has 0 atom stereocenters. The smallest absolute Gasteiger partial charge is 0.407 e. The maximum atomic E-state index is 12.6. The fraction of sp³-hybridized carbons (Fsp3) is 0.438. The highest BCUT2D eigenvalue weighted by Gasteiger charge is 2.43. The maximum absolute atomic E-state index is 12.6. The number of nitrogens with zero attached hydrogens (tertiary/aromatic N) is 1. The van der Waals surface area contributed by atoms with Gasteiger partial charge >= 0.3 is 6.09 Å². The van der Waals surface area contributed by atoms with Gasteiger partial charge in [0.05, 0.1) is 6.54 Å². The van der Waals surface area contributed by atoms with Crippen molar-refractivity contribution in [3.8, 4) is 0 Å². The van der Waals surface area contributed by atoms with Crippen LogP contribution in [-0.2, 0) is 9.53 Å². The fourth-order valence-corrected chi connectivity index (χ4v) is 3.01. The van der Waals surface area contributed by atoms with Gasteiger partial charge in [-0.1, -0.05) is 6.07 Å². The van der Waals surface area contributed by atoms with E-state index in [-0.39, 0.29) is 17.9 Å². The Bertz CT molecular complexity index is 650. The Morgan fingerprint density at radius 1 is 1.30 bits per heavy atom. The molecule has 3 rings (SSSR count). The van der Waals surface area contributed by atoms with Gasteiger partial charge in [-0.05, 0) is 18.2 Å². The number of amides is 3. The number of anilines is 1. The fourth-order valence-electron chi connectivity index (χ4n) is 3.01. The Morgan fingerprint density at radius 3 is 2.65 bits per heavy atom. The van der Waals surface area contributed by atoms with Crippen LogP contribution in [0.4, 0.5) is 10.5 Å². The maximum Gasteiger partial charge on any atom is 0.407 e. The third-order valence-electron chi connectivity index (χ3n) is 4.26. The second kappa shape index (κ2) is 5.91. The average Bonchev–Trinajstić information content (AvgIpc) is 2.88. The first-order valence-corrected chi connectivity index (χ1v) is 7.61. The molecule has 0 aromatic heterocycles. The van der Waals surface area contributed by atoms with Crippen LogP contribution in [0.25, 0.3) is 0 Å². The van der Waals surface area contributed by atoms with Crippen LogP contribution >= 0.6 is 0 Å². The van der Waals surface area contributed by atoms with E-state index in [0.29, 0.717) is 43.7 Å². The van der Waals surface area contributed by atoms with Crippen LogP contribution in [0, 0.1) is 0 Å². The minimum Gasteiger partial charge on any atom is -0.441 e. The van der Waals surface area contributed by atoms with Gasteiger partial charge in [0.25, 0.3) is 5.91 Å². The predicted octanol–water partition coefficient (Wildman–Crippen LogP) is 1.36. The number of nitrogens with one attached hydrogen (secondary N) is 2. The summed E-state index contributed by atoms with van der Waals surface area (Å²) in [6, 6.07) is 6.89. The highest BCUT2D eigenvalue weighted by molar-refractivity contribution is 5.96. The van der Waals surface area contributed by atoms with E-state index in [2.05, 4.69) is 10.6 Å². The molecular weight excluding hydrogens is 298 g/mol. The van der Waals surface area contributed by atoms with E-state index < -0.39 is 5.60 Å². The second-order valence-electron chi connectivity index (χ2n) is 5.98. The van der Waals surface area contributed by atoms with Crippen LogP contribution in [0.15, 0.2) is 24.3 Å². The van der Waals surface area contributed by atoms with Crippen molar-refractivity contribution >= 4 is 23.6 Å². The van der Waals surface area contributed by atoms with Gasteiger partial charge in [0.2, 0.25) is 5.91 Å². The van der Waals surface area contributed by atoms with E-state index in [1.54, 1.807) is 29.2 Å². The highest BCUT2D eigenvalue weighted by atomic mass is 16.6. The molecule has 0 radical (unpaired) electrons. The number of carbonyl (C=O) groups is 3. The lowest BCUT2D eigenvalue weighted by Gasteiger charge is -2.37. The first-order chi connectivity index (χ1) is 11.0. The molecule has 1 spiro atoms. The summed E-state index contributed by atoms with van der Waals surface area (Å²) in [5.41, 5.74) is 0.672. The van der Waals surface area contributed by atoms with Crippen molar-refractivity contribution in [1.29, 1.82) is 0 Å². The molecule has 3 amide bonds. The number of ether oxygens (including phenoxy) is 1. The topological polar surface area (TPSA) is 87.7 Å². The number of likely N-dealkylation sites (tertiary alicyclic amines) is 1. The quantitative estimate of drug-likeness (QED) is 0.862. The van der Waals surface area contributed by atoms with Crippen molar-refractivity contribution in [1.82, 2.24) is 10.2 Å². The van der Waals surface area contributed by atoms with Gasteiger partial charge in [-0.3, -0.25) is 9.59 Å². The number of carbonyl (C=O) groups excluding carboxylic acids is 3. The van der Waals surface area contributed by atoms with Crippen molar-refractivity contribution < 1.29 is 19.1 Å². The average molecular weight is 317 g/mol. The Labute approximate surface area is 134 Å². The lowest BCUT2D eigenvalue weighted by Crippen LogP contribution is -2.48. The molecule has 0 saturated carbocycles. The zero-order chi connectivity index (χ0) is 16.4. The lowest BCUT2D eigenvalue weighted by atomic mass is 9.91. The molecule has 0 unspecified atom stereocenters. The number of alkyl carbamates (subject to hydrolysis) is 1. The van der Waals surface area contributed by atoms with Gasteiger partial charge in [-0.25, -0.2) is 4.79 Å². The normalized spacial score (nSPS) is 19.2. The van der Waals surface area contributed by atoms with E-state index in [4.69, 9.17) is 4.74 Å². The van der Waals surface area contributed by atoms with E-state index in [9.17, 15) is 14.4 Å². The molecule has 2 aliphatic heterocycles. The Kier molecular flexibility index (Phi) is 3.94. The van der Waals surface area contributed by atoms with E-state index in [1.807, 2.05) is 0 Å². The minimum atomic E-state index is -0.466. The first-order valence-electron chi connectivity index (χ1n) is 7.61. The monoisotopic (exact) mass is 317 g/mol. The Morgan fingerprint density at radius 2 is 2.04 bits per heavy atom. The van der Waals surface area contributed by atoms with E-state index in [0.717, 1.165) is 0 Å². The largest absolute Gasteiger partial charge is 0.441 e. The number of rotatable bonds is 2. The van der Waals surface area contributed by atoms with Gasteiger partial charge in [0.15, 0.2) is 0 Å². The van der Waals surface area contributed by atoms with Crippen LogP contribution in [0.3, 0.4) is 0 Å². The number of hydrogen-bond acceptors (Lipinski definition) is 4. The van der Waals surface area contributed by atoms with Gasteiger partial charge in [-0.15, -0.1) is 0 Å². The van der Waals surface area contributed by atoms with Crippen LogP contribution in [0.2, 0.25) is 0 Å². The molecule has 0 aliphatic carbocycles. The zero-order valence-corrected chi connectivity index (χ0v) is 12.9. The van der Waals surface area contributed by atoms with Crippen molar-refractivity contribution in [3.05, 3.63) is 29.8 Å². The first kappa shape index (κ1) is 15.3. The summed E-state index contributed by atoms with van der Waals surface area (Å²) in [6.07, 6.45) is 0.874. The molecule has 2 heterocycles. The van der Waals surface area contributed by atoms with Crippen LogP contribution in [0.1, 0.15) is 30.1 Å². The third-order valence-corrected chi connectivity index (χ3v) is 4.26. The van der Waals surface area contributed by atoms with Crippen molar-refractivity contribution in [2.24, 2.45) is 0 Å². The molecule has 7 nitrogen and oxygen atoms in total. The molecule has 2 saturated heterocycles. The van der Waals surface area contributed by atoms with Crippen molar-refractivity contribution in [2.45, 2.75) is 25.4 Å². The molecule has 7 heteroatoms. The summed E-state index contributed by atoms with van der Waals surface area (Å²) in [6.45, 7) is 3.01.